The van der Waals surface area contributed by atoms with Crippen molar-refractivity contribution >= 4 is 46.2 Å². The van der Waals surface area contributed by atoms with Gasteiger partial charge in [-0.3, -0.25) is 34.1 Å². The monoisotopic (exact) mass is 1060 g/mol. The molecule has 7 heterocycles. The zero-order valence-corrected chi connectivity index (χ0v) is 47.3. The molecule has 5 aliphatic heterocycles. The van der Waals surface area contributed by atoms with Gasteiger partial charge in [0.1, 0.15) is 24.9 Å². The molecule has 3 saturated heterocycles. The lowest BCUT2D eigenvalue weighted by Crippen LogP contribution is -2.64. The molecular weight excluding hydrogens is 981 g/mol. The van der Waals surface area contributed by atoms with Crippen molar-refractivity contribution in [2.24, 2.45) is 11.3 Å². The van der Waals surface area contributed by atoms with E-state index in [1.165, 1.54) is 9.91 Å². The van der Waals surface area contributed by atoms with Crippen LogP contribution in [0.5, 0.6) is 0 Å². The first-order chi connectivity index (χ1) is 36.9. The average molecular weight is 1070 g/mol. The lowest BCUT2D eigenvalue weighted by Gasteiger charge is -2.41. The summed E-state index contributed by atoms with van der Waals surface area (Å²) in [6.07, 6.45) is 10.7. The van der Waals surface area contributed by atoms with Crippen LogP contribution in [-0.2, 0) is 51.1 Å². The number of carbonyl (C=O) groups is 5. The molecule has 6 bridgehead atoms. The van der Waals surface area contributed by atoms with Crippen LogP contribution in [-0.4, -0.2) is 200 Å². The number of amides is 5. The molecule has 0 radical (unpaired) electrons. The summed E-state index contributed by atoms with van der Waals surface area (Å²) in [5.41, 5.74) is 9.49. The summed E-state index contributed by atoms with van der Waals surface area (Å²) in [5, 5.41) is 5.73. The molecule has 3 aromatic rings. The van der Waals surface area contributed by atoms with Gasteiger partial charge in [-0.25, -0.2) is 10.2 Å². The van der Waals surface area contributed by atoms with Crippen molar-refractivity contribution in [1.29, 1.82) is 0 Å². The Morgan fingerprint density at radius 1 is 1.04 bits per heavy atom. The fourth-order valence-electron chi connectivity index (χ4n) is 11.8. The summed E-state index contributed by atoms with van der Waals surface area (Å²) in [6.45, 7) is 18.2. The number of cyclic esters (lactones) is 1. The number of urea groups is 1. The number of benzene rings is 1. The van der Waals surface area contributed by atoms with Gasteiger partial charge >= 0.3 is 12.0 Å². The number of carbonyl (C=O) groups excluding carboxylic acids is 5. The van der Waals surface area contributed by atoms with Crippen molar-refractivity contribution in [3.63, 3.8) is 0 Å². The number of hydrazine groups is 1. The number of esters is 1. The number of aromatic nitrogens is 2. The SMILES string of the molecule is CCn1c(-c2cccnc2[C@H](C)OC)c2c3cc(ccc31)C1=CCCN(C1)C[C@H](NC(=O)[C@H](C(C)C)N(C)C(=O)N1CCC3(CC1)CN(C(=O)/C=C/CN(C)CCOC)CO3)C(=O)N1CCC[C@H](N1)C(=O)OCC(C)(C)C2. The normalized spacial score (nSPS) is 22.8. The first-order valence-electron chi connectivity index (χ1n) is 27.7. The van der Waals surface area contributed by atoms with Crippen LogP contribution in [0.4, 0.5) is 4.79 Å². The second-order valence-electron chi connectivity index (χ2n) is 22.9. The average Bonchev–Trinajstić information content (AvgIpc) is 4.02. The van der Waals surface area contributed by atoms with Gasteiger partial charge in [-0.05, 0) is 106 Å². The number of likely N-dealkylation sites (tertiary alicyclic amines) is 1. The van der Waals surface area contributed by atoms with Crippen LogP contribution in [0.3, 0.4) is 0 Å². The molecule has 2 aromatic heterocycles. The molecule has 77 heavy (non-hydrogen) atoms. The van der Waals surface area contributed by atoms with Crippen molar-refractivity contribution in [3.05, 3.63) is 71.6 Å². The quantitative estimate of drug-likeness (QED) is 0.153. The first kappa shape index (κ1) is 57.5. The molecule has 0 saturated carbocycles. The van der Waals surface area contributed by atoms with E-state index in [1.807, 2.05) is 40.0 Å². The number of piperidine rings is 1. The Morgan fingerprint density at radius 2 is 1.82 bits per heavy atom. The molecule has 1 unspecified atom stereocenters. The highest BCUT2D eigenvalue weighted by Gasteiger charge is 2.46. The Hall–Kier alpha value is -5.70. The predicted octanol–water partition coefficient (Wildman–Crippen LogP) is 5.49. The minimum absolute atomic E-state index is 0.111. The van der Waals surface area contributed by atoms with Crippen molar-refractivity contribution in [1.82, 2.24) is 49.8 Å². The van der Waals surface area contributed by atoms with Crippen molar-refractivity contribution in [3.8, 4) is 11.3 Å². The second kappa shape index (κ2) is 25.0. The van der Waals surface area contributed by atoms with Gasteiger partial charge in [0, 0.05) is 114 Å². The highest BCUT2D eigenvalue weighted by atomic mass is 16.5. The highest BCUT2D eigenvalue weighted by molar-refractivity contribution is 5.95. The van der Waals surface area contributed by atoms with Gasteiger partial charge in [-0.15, -0.1) is 0 Å². The molecule has 19 nitrogen and oxygen atoms in total. The second-order valence-corrected chi connectivity index (χ2v) is 22.9. The maximum absolute atomic E-state index is 14.9. The number of ether oxygens (including phenoxy) is 4. The fraction of sp³-hybridized carbons (Fsp3) is 0.621. The molecule has 5 aliphatic rings. The molecule has 19 heteroatoms. The summed E-state index contributed by atoms with van der Waals surface area (Å²) < 4.78 is 25.8. The van der Waals surface area contributed by atoms with E-state index in [2.05, 4.69) is 76.2 Å². The van der Waals surface area contributed by atoms with E-state index in [4.69, 9.17) is 23.9 Å². The Morgan fingerprint density at radius 3 is 2.55 bits per heavy atom. The Kier molecular flexibility index (Phi) is 18.6. The fourth-order valence-corrected chi connectivity index (χ4v) is 11.8. The number of nitrogens with one attached hydrogen (secondary N) is 2. The van der Waals surface area contributed by atoms with E-state index < -0.39 is 41.0 Å². The number of hydrogen-bond donors (Lipinski definition) is 2. The zero-order chi connectivity index (χ0) is 55.2. The lowest BCUT2D eigenvalue weighted by atomic mass is 9.84. The predicted molar refractivity (Wildman–Crippen MR) is 295 cm³/mol. The molecule has 5 atom stereocenters. The zero-order valence-electron chi connectivity index (χ0n) is 47.3. The number of aryl methyl sites for hydroxylation is 1. The van der Waals surface area contributed by atoms with Gasteiger partial charge in [0.15, 0.2) is 0 Å². The Balaban J connectivity index is 1.02. The molecule has 3 fully saturated rings. The summed E-state index contributed by atoms with van der Waals surface area (Å²) in [6, 6.07) is 7.76. The molecule has 5 amide bonds. The lowest BCUT2D eigenvalue weighted by molar-refractivity contribution is -0.155. The number of pyridine rings is 1. The van der Waals surface area contributed by atoms with E-state index in [0.29, 0.717) is 91.1 Å². The minimum atomic E-state index is -1.02. The molecule has 1 spiro atoms. The highest BCUT2D eigenvalue weighted by Crippen LogP contribution is 2.42. The number of fused-ring (bicyclic) bond motifs is 6. The minimum Gasteiger partial charge on any atom is -0.464 e. The van der Waals surface area contributed by atoms with Gasteiger partial charge in [-0.1, -0.05) is 45.9 Å². The Labute approximate surface area is 455 Å². The molecule has 0 aliphatic carbocycles. The number of rotatable bonds is 14. The third-order valence-electron chi connectivity index (χ3n) is 16.2. The van der Waals surface area contributed by atoms with Crippen LogP contribution in [0.25, 0.3) is 27.7 Å². The van der Waals surface area contributed by atoms with Crippen LogP contribution in [0.15, 0.2) is 54.8 Å². The summed E-state index contributed by atoms with van der Waals surface area (Å²) in [4.78, 5) is 85.3. The molecule has 2 N–H and O–H groups in total. The summed E-state index contributed by atoms with van der Waals surface area (Å²) in [5.74, 6) is -1.66. The third-order valence-corrected chi connectivity index (χ3v) is 16.2. The van der Waals surface area contributed by atoms with Crippen LogP contribution in [0.2, 0.25) is 0 Å². The van der Waals surface area contributed by atoms with Gasteiger partial charge in [0.25, 0.3) is 5.91 Å². The smallest absolute Gasteiger partial charge is 0.324 e. The van der Waals surface area contributed by atoms with Crippen LogP contribution >= 0.6 is 0 Å². The van der Waals surface area contributed by atoms with E-state index in [-0.39, 0.29) is 49.7 Å². The first-order valence-corrected chi connectivity index (χ1v) is 27.7. The number of hydrogen-bond acceptors (Lipinski definition) is 13. The molecule has 1 aromatic carbocycles. The van der Waals surface area contributed by atoms with Crippen LogP contribution in [0.1, 0.15) is 96.6 Å². The Bertz CT molecular complexity index is 2680. The van der Waals surface area contributed by atoms with E-state index in [0.717, 1.165) is 57.5 Å². The van der Waals surface area contributed by atoms with Gasteiger partial charge in [-0.2, -0.15) is 0 Å². The van der Waals surface area contributed by atoms with Gasteiger partial charge in [0.2, 0.25) is 11.8 Å². The standard InChI is InChI=1S/C58H84N10O9/c1-11-67-48-21-20-41-32-44(48)45(52(67)43-17-12-24-59-50(43)40(4)75-10)33-57(5,6)37-76-55(72)46-18-14-27-68(61-46)54(71)47(35-64-26-13-16-42(41)34-64)60-53(70)51(39(2)3)63(8)56(73)65-28-22-58(23-29-65)36-66(38-77-58)49(69)19-15-25-62(7)30-31-74-9/h12,15-17,19-21,24,32,39-40,46-47,51,61H,11,13-14,18,22-23,25-31,33-38H2,1-10H3,(H,60,70)/b19-15+/t40-,46-,47-,51-/m0/s1. The van der Waals surface area contributed by atoms with E-state index in [9.17, 15) is 24.0 Å². The number of nitrogens with zero attached hydrogens (tertiary/aromatic N) is 8. The van der Waals surface area contributed by atoms with Crippen molar-refractivity contribution in [2.75, 3.05) is 107 Å². The number of methoxy groups -OCH3 is 2. The van der Waals surface area contributed by atoms with E-state index in [1.54, 1.807) is 43.3 Å². The summed E-state index contributed by atoms with van der Waals surface area (Å²) >= 11 is 0. The van der Waals surface area contributed by atoms with Crippen LogP contribution in [0, 0.1) is 11.3 Å². The van der Waals surface area contributed by atoms with Gasteiger partial charge < -0.3 is 48.4 Å². The van der Waals surface area contributed by atoms with E-state index >= 15 is 0 Å². The third kappa shape index (κ3) is 13.1. The topological polar surface area (TPSA) is 184 Å². The van der Waals surface area contributed by atoms with Crippen molar-refractivity contribution < 1.29 is 42.9 Å². The number of likely N-dealkylation sites (N-methyl/N-ethyl adjacent to an activating group) is 2. The summed E-state index contributed by atoms with van der Waals surface area (Å²) in [7, 11) is 6.98. The van der Waals surface area contributed by atoms with Crippen molar-refractivity contribution in [2.45, 2.75) is 116 Å². The molecule has 420 valence electrons. The maximum Gasteiger partial charge on any atom is 0.324 e. The van der Waals surface area contributed by atoms with Gasteiger partial charge in [0.05, 0.1) is 42.9 Å². The largest absolute Gasteiger partial charge is 0.464 e. The van der Waals surface area contributed by atoms with Crippen LogP contribution < -0.4 is 10.7 Å². The molecule has 8 rings (SSSR count). The molecular formula is C58H84N10O9. The maximum atomic E-state index is 14.9.